The van der Waals surface area contributed by atoms with Gasteiger partial charge in [0, 0.05) is 23.9 Å². The summed E-state index contributed by atoms with van der Waals surface area (Å²) in [7, 11) is 2.05. The summed E-state index contributed by atoms with van der Waals surface area (Å²) in [5, 5.41) is 0. The van der Waals surface area contributed by atoms with Crippen LogP contribution in [0.4, 0.5) is 10.1 Å². The molecular formula is C12H17FN2S. The third kappa shape index (κ3) is 2.50. The summed E-state index contributed by atoms with van der Waals surface area (Å²) in [5.74, 6) is 2.11. The van der Waals surface area contributed by atoms with Gasteiger partial charge in [-0.2, -0.15) is 11.8 Å². The molecule has 0 aliphatic carbocycles. The van der Waals surface area contributed by atoms with E-state index in [1.807, 2.05) is 23.9 Å². The second-order valence-electron chi connectivity index (χ2n) is 4.25. The van der Waals surface area contributed by atoms with Crippen molar-refractivity contribution in [2.75, 3.05) is 24.3 Å². The Labute approximate surface area is 100 Å². The smallest absolute Gasteiger partial charge is 0.150 e. The zero-order chi connectivity index (χ0) is 11.5. The maximum Gasteiger partial charge on any atom is 0.150 e. The molecule has 1 unspecified atom stereocenters. The van der Waals surface area contributed by atoms with E-state index in [9.17, 15) is 4.39 Å². The van der Waals surface area contributed by atoms with Gasteiger partial charge in [-0.1, -0.05) is 12.1 Å². The molecule has 0 aromatic heterocycles. The number of nitrogen functional groups attached to an aromatic ring is 1. The summed E-state index contributed by atoms with van der Waals surface area (Å²) < 4.78 is 13.7. The highest BCUT2D eigenvalue weighted by atomic mass is 32.2. The Kier molecular flexibility index (Phi) is 3.71. The molecular weight excluding hydrogens is 223 g/mol. The van der Waals surface area contributed by atoms with Crippen molar-refractivity contribution in [1.82, 2.24) is 4.90 Å². The van der Waals surface area contributed by atoms with Gasteiger partial charge in [0.25, 0.3) is 0 Å². The fourth-order valence-electron chi connectivity index (χ4n) is 1.99. The summed E-state index contributed by atoms with van der Waals surface area (Å²) in [6.07, 6.45) is 1.20. The summed E-state index contributed by atoms with van der Waals surface area (Å²) in [5.41, 5.74) is 6.49. The number of halogens is 1. The van der Waals surface area contributed by atoms with Gasteiger partial charge < -0.3 is 5.73 Å². The molecule has 0 radical (unpaired) electrons. The molecule has 0 spiro atoms. The van der Waals surface area contributed by atoms with E-state index < -0.39 is 0 Å². The van der Waals surface area contributed by atoms with Gasteiger partial charge in [0.15, 0.2) is 5.82 Å². The molecule has 0 saturated carbocycles. The van der Waals surface area contributed by atoms with E-state index in [1.54, 1.807) is 6.07 Å². The monoisotopic (exact) mass is 240 g/mol. The lowest BCUT2D eigenvalue weighted by Gasteiger charge is -2.23. The van der Waals surface area contributed by atoms with Gasteiger partial charge in [0.2, 0.25) is 0 Å². The maximum atomic E-state index is 13.7. The quantitative estimate of drug-likeness (QED) is 0.822. The van der Waals surface area contributed by atoms with E-state index in [4.69, 9.17) is 5.73 Å². The van der Waals surface area contributed by atoms with Crippen LogP contribution in [0.1, 0.15) is 12.0 Å². The van der Waals surface area contributed by atoms with Crippen molar-refractivity contribution in [3.63, 3.8) is 0 Å². The lowest BCUT2D eigenvalue weighted by atomic mass is 10.1. The number of nitrogens with zero attached hydrogens (tertiary/aromatic N) is 1. The Hall–Kier alpha value is -0.740. The molecule has 16 heavy (non-hydrogen) atoms. The molecule has 1 atom stereocenters. The van der Waals surface area contributed by atoms with Crippen LogP contribution >= 0.6 is 11.8 Å². The van der Waals surface area contributed by atoms with Crippen LogP contribution in [0.15, 0.2) is 18.2 Å². The molecule has 4 heteroatoms. The number of benzene rings is 1. The Balaban J connectivity index is 2.05. The van der Waals surface area contributed by atoms with Gasteiger partial charge >= 0.3 is 0 Å². The summed E-state index contributed by atoms with van der Waals surface area (Å²) >= 11 is 1.97. The van der Waals surface area contributed by atoms with Crippen molar-refractivity contribution in [3.8, 4) is 0 Å². The first-order chi connectivity index (χ1) is 7.68. The molecule has 1 fully saturated rings. The van der Waals surface area contributed by atoms with E-state index in [1.165, 1.54) is 12.2 Å². The first kappa shape index (κ1) is 11.7. The molecule has 2 N–H and O–H groups in total. The molecule has 0 bridgehead atoms. The zero-order valence-electron chi connectivity index (χ0n) is 9.45. The van der Waals surface area contributed by atoms with E-state index in [-0.39, 0.29) is 11.5 Å². The predicted octanol–water partition coefficient (Wildman–Crippen LogP) is 2.35. The van der Waals surface area contributed by atoms with Crippen molar-refractivity contribution in [2.45, 2.75) is 19.0 Å². The van der Waals surface area contributed by atoms with Crippen LogP contribution in [0, 0.1) is 5.82 Å². The molecule has 1 aliphatic heterocycles. The van der Waals surface area contributed by atoms with Gasteiger partial charge in [0.1, 0.15) is 0 Å². The second-order valence-corrected chi connectivity index (χ2v) is 5.40. The predicted molar refractivity (Wildman–Crippen MR) is 68.0 cm³/mol. The van der Waals surface area contributed by atoms with Crippen molar-refractivity contribution in [2.24, 2.45) is 0 Å². The molecule has 2 rings (SSSR count). The number of rotatable bonds is 3. The molecule has 2 nitrogen and oxygen atoms in total. The second kappa shape index (κ2) is 5.06. The molecule has 1 saturated heterocycles. The largest absolute Gasteiger partial charge is 0.396 e. The van der Waals surface area contributed by atoms with Crippen LogP contribution in [0.25, 0.3) is 0 Å². The van der Waals surface area contributed by atoms with E-state index in [0.29, 0.717) is 18.2 Å². The van der Waals surface area contributed by atoms with Crippen LogP contribution in [0.2, 0.25) is 0 Å². The molecule has 1 aromatic carbocycles. The van der Waals surface area contributed by atoms with Gasteiger partial charge in [-0.05, 0) is 25.3 Å². The molecule has 0 amide bonds. The van der Waals surface area contributed by atoms with Crippen molar-refractivity contribution in [1.29, 1.82) is 0 Å². The van der Waals surface area contributed by atoms with E-state index in [0.717, 1.165) is 5.75 Å². The third-order valence-corrected chi connectivity index (χ3v) is 4.20. The topological polar surface area (TPSA) is 29.3 Å². The summed E-state index contributed by atoms with van der Waals surface area (Å²) in [6.45, 7) is 0.641. The molecule has 88 valence electrons. The summed E-state index contributed by atoms with van der Waals surface area (Å²) in [6, 6.07) is 5.80. The zero-order valence-corrected chi connectivity index (χ0v) is 10.3. The highest BCUT2D eigenvalue weighted by molar-refractivity contribution is 7.99. The minimum Gasteiger partial charge on any atom is -0.396 e. The van der Waals surface area contributed by atoms with Gasteiger partial charge in [-0.3, -0.25) is 4.90 Å². The van der Waals surface area contributed by atoms with Gasteiger partial charge in [-0.25, -0.2) is 4.39 Å². The lowest BCUT2D eigenvalue weighted by molar-refractivity contribution is 0.251. The standard InChI is InChI=1S/C12H17FN2S/c1-15(10-5-6-16-8-10)7-9-3-2-4-11(14)12(9)13/h2-4,10H,5-8,14H2,1H3. The van der Waals surface area contributed by atoms with E-state index >= 15 is 0 Å². The number of nitrogens with two attached hydrogens (primary N) is 1. The fourth-order valence-corrected chi connectivity index (χ4v) is 3.29. The number of hydrogen-bond acceptors (Lipinski definition) is 3. The van der Waals surface area contributed by atoms with Crippen LogP contribution in [-0.2, 0) is 6.54 Å². The normalized spacial score (nSPS) is 20.6. The summed E-state index contributed by atoms with van der Waals surface area (Å²) in [4.78, 5) is 2.22. The Bertz CT molecular complexity index is 364. The maximum absolute atomic E-state index is 13.7. The lowest BCUT2D eigenvalue weighted by Crippen LogP contribution is -2.31. The van der Waals surface area contributed by atoms with Crippen molar-refractivity contribution >= 4 is 17.4 Å². The van der Waals surface area contributed by atoms with Crippen molar-refractivity contribution < 1.29 is 4.39 Å². The average molecular weight is 240 g/mol. The molecule has 1 aromatic rings. The van der Waals surface area contributed by atoms with Crippen LogP contribution < -0.4 is 5.73 Å². The van der Waals surface area contributed by atoms with Gasteiger partial charge in [0.05, 0.1) is 5.69 Å². The highest BCUT2D eigenvalue weighted by Crippen LogP contribution is 2.24. The van der Waals surface area contributed by atoms with Crippen molar-refractivity contribution in [3.05, 3.63) is 29.6 Å². The highest BCUT2D eigenvalue weighted by Gasteiger charge is 2.20. The Morgan fingerprint density at radius 1 is 1.56 bits per heavy atom. The number of thioether (sulfide) groups is 1. The van der Waals surface area contributed by atoms with E-state index in [2.05, 4.69) is 11.9 Å². The number of hydrogen-bond donors (Lipinski definition) is 1. The molecule has 1 aliphatic rings. The Morgan fingerprint density at radius 3 is 3.06 bits per heavy atom. The first-order valence-electron chi connectivity index (χ1n) is 5.49. The van der Waals surface area contributed by atoms with Crippen LogP contribution in [0.3, 0.4) is 0 Å². The number of anilines is 1. The Morgan fingerprint density at radius 2 is 2.38 bits per heavy atom. The van der Waals surface area contributed by atoms with Crippen LogP contribution in [-0.4, -0.2) is 29.5 Å². The fraction of sp³-hybridized carbons (Fsp3) is 0.500. The third-order valence-electron chi connectivity index (χ3n) is 3.06. The minimum absolute atomic E-state index is 0.242. The van der Waals surface area contributed by atoms with Crippen LogP contribution in [0.5, 0.6) is 0 Å². The first-order valence-corrected chi connectivity index (χ1v) is 6.65. The van der Waals surface area contributed by atoms with Gasteiger partial charge in [-0.15, -0.1) is 0 Å². The minimum atomic E-state index is -0.264. The average Bonchev–Trinajstić information content (AvgIpc) is 2.78. The SMILES string of the molecule is CN(Cc1cccc(N)c1F)C1CCSC1. The molecule has 1 heterocycles.